The highest BCUT2D eigenvalue weighted by atomic mass is 32.2. The number of carbonyl (C=O) groups is 1. The number of rotatable bonds is 2. The first-order valence-corrected chi connectivity index (χ1v) is 5.38. The summed E-state index contributed by atoms with van der Waals surface area (Å²) >= 11 is 0.899. The van der Waals surface area contributed by atoms with Gasteiger partial charge in [-0.05, 0) is 0 Å². The van der Waals surface area contributed by atoms with Gasteiger partial charge in [0, 0.05) is 6.92 Å². The number of nitrogens with two attached hydrogens (primary N) is 1. The van der Waals surface area contributed by atoms with Crippen LogP contribution in [0.2, 0.25) is 0 Å². The lowest BCUT2D eigenvalue weighted by Crippen LogP contribution is -2.07. The van der Waals surface area contributed by atoms with Gasteiger partial charge in [-0.25, -0.2) is 19.1 Å². The molecule has 66 valence electrons. The molecule has 1 heterocycles. The molecule has 0 radical (unpaired) electrons. The van der Waals surface area contributed by atoms with E-state index < -0.39 is 9.92 Å². The molecule has 3 N–H and O–H groups in total. The van der Waals surface area contributed by atoms with Crippen LogP contribution in [0.25, 0.3) is 0 Å². The van der Waals surface area contributed by atoms with Crippen LogP contribution in [0.5, 0.6) is 0 Å². The summed E-state index contributed by atoms with van der Waals surface area (Å²) < 4.78 is 18.1. The quantitative estimate of drug-likeness (QED) is 0.693. The monoisotopic (exact) mass is 205 g/mol. The summed E-state index contributed by atoms with van der Waals surface area (Å²) in [6, 6.07) is 0. The van der Waals surface area contributed by atoms with E-state index in [0.717, 1.165) is 11.3 Å². The lowest BCUT2D eigenvalue weighted by Gasteiger charge is -1.90. The number of hydrogen-bond donors (Lipinski definition) is 2. The second-order valence-corrected chi connectivity index (χ2v) is 5.07. The highest BCUT2D eigenvalue weighted by Crippen LogP contribution is 2.17. The maximum absolute atomic E-state index is 10.9. The van der Waals surface area contributed by atoms with Crippen LogP contribution < -0.4 is 5.14 Å². The molecule has 0 aliphatic carbocycles. The van der Waals surface area contributed by atoms with Crippen LogP contribution in [-0.4, -0.2) is 15.0 Å². The zero-order valence-electron chi connectivity index (χ0n) is 6.23. The largest absolute Gasteiger partial charge is 0.292 e. The van der Waals surface area contributed by atoms with Crippen molar-refractivity contribution in [2.75, 3.05) is 0 Å². The van der Waals surface area contributed by atoms with Gasteiger partial charge >= 0.3 is 0 Å². The fourth-order valence-electron chi connectivity index (χ4n) is 0.562. The first-order chi connectivity index (χ1) is 5.41. The Bertz CT molecular complexity index is 406. The third kappa shape index (κ3) is 1.87. The molecule has 0 saturated carbocycles. The van der Waals surface area contributed by atoms with Gasteiger partial charge in [-0.1, -0.05) is 11.3 Å². The van der Waals surface area contributed by atoms with Crippen LogP contribution in [0.1, 0.15) is 16.7 Å². The third-order valence-electron chi connectivity index (χ3n) is 1.08. The van der Waals surface area contributed by atoms with Crippen LogP contribution >= 0.6 is 11.3 Å². The van der Waals surface area contributed by atoms with Gasteiger partial charge in [0.1, 0.15) is 14.1 Å². The Balaban J connectivity index is 3.17. The average molecular weight is 205 g/mol. The molecule has 7 heteroatoms. The standard InChI is InChI=1S/C5H7N3O2S2/c1-3(9)5-8-2-4(11-5)12(6,7)10/h2H,1H3,(H3,6,7,10). The fourth-order valence-corrected chi connectivity index (χ4v) is 2.05. The minimum Gasteiger partial charge on any atom is -0.292 e. The molecule has 0 aliphatic rings. The number of aromatic nitrogens is 1. The van der Waals surface area contributed by atoms with Gasteiger partial charge in [0.15, 0.2) is 10.8 Å². The average Bonchev–Trinajstić information content (AvgIpc) is 2.30. The van der Waals surface area contributed by atoms with Crippen LogP contribution in [0.3, 0.4) is 0 Å². The van der Waals surface area contributed by atoms with E-state index in [-0.39, 0.29) is 15.0 Å². The van der Waals surface area contributed by atoms with Crippen LogP contribution in [0, 0.1) is 4.78 Å². The van der Waals surface area contributed by atoms with E-state index in [4.69, 9.17) is 9.92 Å². The molecular formula is C5H7N3O2S2. The molecule has 0 fully saturated rings. The van der Waals surface area contributed by atoms with Crippen LogP contribution in [-0.2, 0) is 9.92 Å². The molecule has 0 saturated heterocycles. The molecule has 0 aromatic carbocycles. The zero-order chi connectivity index (χ0) is 9.35. The number of hydrogen-bond acceptors (Lipinski definition) is 5. The van der Waals surface area contributed by atoms with Gasteiger partial charge in [0.2, 0.25) is 0 Å². The highest BCUT2D eigenvalue weighted by molar-refractivity contribution is 7.92. The first-order valence-electron chi connectivity index (χ1n) is 2.94. The molecule has 0 bridgehead atoms. The Kier molecular flexibility index (Phi) is 2.27. The predicted molar refractivity (Wildman–Crippen MR) is 45.4 cm³/mol. The Labute approximate surface area is 73.7 Å². The second-order valence-electron chi connectivity index (χ2n) is 2.14. The summed E-state index contributed by atoms with van der Waals surface area (Å²) in [5.74, 6) is -0.213. The highest BCUT2D eigenvalue weighted by Gasteiger charge is 2.11. The lowest BCUT2D eigenvalue weighted by atomic mass is 10.5. The normalized spacial score (nSPS) is 15.5. The summed E-state index contributed by atoms with van der Waals surface area (Å²) in [6.07, 6.45) is 1.21. The molecule has 0 spiro atoms. The number of Topliss-reactive ketones (excluding diaryl/α,β-unsaturated/α-hetero) is 1. The predicted octanol–water partition coefficient (Wildman–Crippen LogP) is 0.625. The van der Waals surface area contributed by atoms with Crippen molar-refractivity contribution >= 4 is 27.0 Å². The van der Waals surface area contributed by atoms with Crippen molar-refractivity contribution in [2.45, 2.75) is 11.1 Å². The van der Waals surface area contributed by atoms with Crippen molar-refractivity contribution in [3.05, 3.63) is 11.2 Å². The van der Waals surface area contributed by atoms with Crippen molar-refractivity contribution in [3.8, 4) is 0 Å². The SMILES string of the molecule is CC(=O)c1ncc(S(=N)(N)=O)s1. The Morgan fingerprint density at radius 3 is 2.67 bits per heavy atom. The molecule has 12 heavy (non-hydrogen) atoms. The summed E-state index contributed by atoms with van der Waals surface area (Å²) in [5.41, 5.74) is 0. The molecule has 1 rings (SSSR count). The van der Waals surface area contributed by atoms with Crippen molar-refractivity contribution in [1.29, 1.82) is 4.78 Å². The maximum Gasteiger partial charge on any atom is 0.188 e. The van der Waals surface area contributed by atoms with Crippen LogP contribution in [0.15, 0.2) is 10.4 Å². The minimum atomic E-state index is -3.21. The molecular weight excluding hydrogens is 198 g/mol. The summed E-state index contributed by atoms with van der Waals surface area (Å²) in [4.78, 5) is 14.4. The molecule has 0 aliphatic heterocycles. The number of nitrogens with zero attached hydrogens (tertiary/aromatic N) is 1. The van der Waals surface area contributed by atoms with E-state index in [1.165, 1.54) is 13.1 Å². The van der Waals surface area contributed by atoms with Gasteiger partial charge in [0.25, 0.3) is 0 Å². The molecule has 5 nitrogen and oxygen atoms in total. The van der Waals surface area contributed by atoms with Gasteiger partial charge < -0.3 is 0 Å². The lowest BCUT2D eigenvalue weighted by molar-refractivity contribution is 0.101. The van der Waals surface area contributed by atoms with Gasteiger partial charge in [-0.2, -0.15) is 0 Å². The van der Waals surface area contributed by atoms with E-state index in [9.17, 15) is 9.00 Å². The van der Waals surface area contributed by atoms with Crippen molar-refractivity contribution in [1.82, 2.24) is 4.98 Å². The first kappa shape index (κ1) is 9.30. The van der Waals surface area contributed by atoms with Gasteiger partial charge in [0.05, 0.1) is 6.20 Å². The van der Waals surface area contributed by atoms with E-state index >= 15 is 0 Å². The molecule has 0 amide bonds. The topological polar surface area (TPSA) is 96.9 Å². The molecule has 1 atom stereocenters. The number of ketones is 1. The van der Waals surface area contributed by atoms with E-state index in [1.54, 1.807) is 0 Å². The van der Waals surface area contributed by atoms with Gasteiger partial charge in [-0.15, -0.1) is 0 Å². The number of thiazole rings is 1. The maximum atomic E-state index is 10.9. The van der Waals surface area contributed by atoms with Crippen LogP contribution in [0.4, 0.5) is 0 Å². The van der Waals surface area contributed by atoms with E-state index in [2.05, 4.69) is 4.98 Å². The molecule has 1 aromatic heterocycles. The Hall–Kier alpha value is -0.790. The van der Waals surface area contributed by atoms with Crippen molar-refractivity contribution in [2.24, 2.45) is 5.14 Å². The van der Waals surface area contributed by atoms with Gasteiger partial charge in [-0.3, -0.25) is 4.79 Å². The Morgan fingerprint density at radius 2 is 2.42 bits per heavy atom. The third-order valence-corrected chi connectivity index (χ3v) is 3.67. The summed E-state index contributed by atoms with van der Waals surface area (Å²) in [5, 5.41) is 5.26. The zero-order valence-corrected chi connectivity index (χ0v) is 7.87. The summed E-state index contributed by atoms with van der Waals surface area (Å²) in [7, 11) is -3.21. The van der Waals surface area contributed by atoms with Crippen molar-refractivity contribution in [3.63, 3.8) is 0 Å². The Morgan fingerprint density at radius 1 is 1.83 bits per heavy atom. The number of carbonyl (C=O) groups excluding carboxylic acids is 1. The van der Waals surface area contributed by atoms with E-state index in [0.29, 0.717) is 0 Å². The smallest absolute Gasteiger partial charge is 0.188 e. The molecule has 1 unspecified atom stereocenters. The molecule has 1 aromatic rings. The number of nitrogens with one attached hydrogen (secondary N) is 1. The summed E-state index contributed by atoms with van der Waals surface area (Å²) in [6.45, 7) is 1.35. The van der Waals surface area contributed by atoms with Crippen molar-refractivity contribution < 1.29 is 9.00 Å². The fraction of sp³-hybridized carbons (Fsp3) is 0.200. The van der Waals surface area contributed by atoms with E-state index in [1.807, 2.05) is 0 Å². The second kappa shape index (κ2) is 2.92. The minimum absolute atomic E-state index is 0.132.